The number of H-pyrrole nitrogens is 4. The first-order valence-corrected chi connectivity index (χ1v) is 3.61. The predicted octanol–water partition coefficient (Wildman–Crippen LogP) is -0.965. The topological polar surface area (TPSA) is 114 Å². The van der Waals surface area contributed by atoms with Crippen LogP contribution in [-0.2, 0) is 0 Å². The molecule has 74 valence electrons. The SMILES string of the molecule is C=C.O=c1[nH]c(=O)c2[nH]c(=O)[nH]c2[nH]1. The molecular weight excluding hydrogens is 188 g/mol. The highest BCUT2D eigenvalue weighted by Crippen LogP contribution is 1.88. The van der Waals surface area contributed by atoms with Gasteiger partial charge in [0.1, 0.15) is 11.2 Å². The lowest BCUT2D eigenvalue weighted by atomic mass is 10.5. The Bertz CT molecular complexity index is 599. The van der Waals surface area contributed by atoms with Crippen molar-refractivity contribution in [1.29, 1.82) is 0 Å². The monoisotopic (exact) mass is 196 g/mol. The summed E-state index contributed by atoms with van der Waals surface area (Å²) in [5.74, 6) is 0. The van der Waals surface area contributed by atoms with E-state index >= 15 is 0 Å². The van der Waals surface area contributed by atoms with E-state index in [0.29, 0.717) is 0 Å². The lowest BCUT2D eigenvalue weighted by Crippen LogP contribution is -2.21. The van der Waals surface area contributed by atoms with Crippen molar-refractivity contribution in [3.05, 3.63) is 44.5 Å². The Labute approximate surface area is 76.5 Å². The third-order valence-electron chi connectivity index (χ3n) is 1.42. The van der Waals surface area contributed by atoms with E-state index in [-0.39, 0.29) is 11.2 Å². The number of aromatic amines is 4. The van der Waals surface area contributed by atoms with Crippen LogP contribution in [-0.4, -0.2) is 19.9 Å². The third kappa shape index (κ3) is 1.56. The summed E-state index contributed by atoms with van der Waals surface area (Å²) in [6.07, 6.45) is 0. The normalized spacial score (nSPS) is 9.43. The van der Waals surface area contributed by atoms with E-state index in [1.807, 2.05) is 4.98 Å². The fraction of sp³-hybridized carbons (Fsp3) is 0. The predicted molar refractivity (Wildman–Crippen MR) is 51.4 cm³/mol. The summed E-state index contributed by atoms with van der Waals surface area (Å²) in [5, 5.41) is 0. The highest BCUT2D eigenvalue weighted by Gasteiger charge is 2.02. The molecule has 0 unspecified atom stereocenters. The Balaban J connectivity index is 0.000000461. The summed E-state index contributed by atoms with van der Waals surface area (Å²) in [7, 11) is 0. The van der Waals surface area contributed by atoms with E-state index in [0.717, 1.165) is 0 Å². The first-order valence-electron chi connectivity index (χ1n) is 3.61. The molecule has 2 rings (SSSR count). The molecule has 7 nitrogen and oxygen atoms in total. The van der Waals surface area contributed by atoms with Crippen LogP contribution in [0.25, 0.3) is 11.2 Å². The summed E-state index contributed by atoms with van der Waals surface area (Å²) in [5.41, 5.74) is -1.65. The van der Waals surface area contributed by atoms with E-state index in [2.05, 4.69) is 28.1 Å². The van der Waals surface area contributed by atoms with Crippen LogP contribution in [0.1, 0.15) is 0 Å². The van der Waals surface area contributed by atoms with Gasteiger partial charge in [-0.3, -0.25) is 24.7 Å². The molecule has 14 heavy (non-hydrogen) atoms. The number of imidazole rings is 1. The Kier molecular flexibility index (Phi) is 2.52. The second kappa shape index (κ2) is 3.60. The number of hydrogen-bond donors (Lipinski definition) is 4. The Morgan fingerprint density at radius 1 is 0.786 bits per heavy atom. The minimum Gasteiger partial charge on any atom is -0.300 e. The minimum absolute atomic E-state index is 0.0413. The van der Waals surface area contributed by atoms with Gasteiger partial charge in [0, 0.05) is 0 Å². The largest absolute Gasteiger partial charge is 0.327 e. The van der Waals surface area contributed by atoms with Gasteiger partial charge in [-0.25, -0.2) is 9.59 Å². The lowest BCUT2D eigenvalue weighted by molar-refractivity contribution is 1.07. The molecule has 0 fully saturated rings. The molecule has 0 aromatic carbocycles. The fourth-order valence-corrected chi connectivity index (χ4v) is 0.958. The van der Waals surface area contributed by atoms with Crippen molar-refractivity contribution >= 4 is 11.2 Å². The summed E-state index contributed by atoms with van der Waals surface area (Å²) in [6, 6.07) is 0. The second-order valence-electron chi connectivity index (χ2n) is 2.24. The van der Waals surface area contributed by atoms with Gasteiger partial charge in [-0.05, 0) is 0 Å². The molecule has 0 amide bonds. The van der Waals surface area contributed by atoms with Gasteiger partial charge in [-0.1, -0.05) is 0 Å². The van der Waals surface area contributed by atoms with Crippen LogP contribution < -0.4 is 16.9 Å². The van der Waals surface area contributed by atoms with Crippen molar-refractivity contribution in [2.75, 3.05) is 0 Å². The van der Waals surface area contributed by atoms with Crippen molar-refractivity contribution in [1.82, 2.24) is 19.9 Å². The Morgan fingerprint density at radius 2 is 1.29 bits per heavy atom. The average Bonchev–Trinajstić information content (AvgIpc) is 2.49. The summed E-state index contributed by atoms with van der Waals surface area (Å²) in [4.78, 5) is 41.0. The molecule has 4 N–H and O–H groups in total. The quantitative estimate of drug-likeness (QED) is 0.406. The molecule has 0 atom stereocenters. The standard InChI is InChI=1S/C5H4N4O3.C2H4/c10-3-1-2(7-4(11)6-1)8-5(12)9-3;1-2/h(H4,6,7,8,9,10,11,12);1-2H2. The maximum Gasteiger partial charge on any atom is 0.327 e. The molecule has 0 aliphatic rings. The molecule has 0 bridgehead atoms. The van der Waals surface area contributed by atoms with Gasteiger partial charge >= 0.3 is 11.4 Å². The van der Waals surface area contributed by atoms with Crippen LogP contribution in [0, 0.1) is 0 Å². The molecule has 0 saturated heterocycles. The highest BCUT2D eigenvalue weighted by molar-refractivity contribution is 5.67. The van der Waals surface area contributed by atoms with Gasteiger partial charge in [0.15, 0.2) is 0 Å². The molecule has 0 radical (unpaired) electrons. The van der Waals surface area contributed by atoms with E-state index < -0.39 is 16.9 Å². The number of hydrogen-bond acceptors (Lipinski definition) is 3. The number of rotatable bonds is 0. The fourth-order valence-electron chi connectivity index (χ4n) is 0.958. The molecule has 2 heterocycles. The van der Waals surface area contributed by atoms with Gasteiger partial charge in [0.25, 0.3) is 5.56 Å². The second-order valence-corrected chi connectivity index (χ2v) is 2.24. The molecule has 0 aliphatic heterocycles. The first kappa shape index (κ1) is 9.78. The molecule has 0 spiro atoms. The van der Waals surface area contributed by atoms with Crippen LogP contribution >= 0.6 is 0 Å². The zero-order valence-electron chi connectivity index (χ0n) is 7.14. The van der Waals surface area contributed by atoms with Crippen molar-refractivity contribution in [3.8, 4) is 0 Å². The van der Waals surface area contributed by atoms with Crippen LogP contribution in [0.3, 0.4) is 0 Å². The van der Waals surface area contributed by atoms with Gasteiger partial charge in [0.05, 0.1) is 0 Å². The van der Waals surface area contributed by atoms with Crippen LogP contribution in [0.15, 0.2) is 27.5 Å². The lowest BCUT2D eigenvalue weighted by Gasteiger charge is -1.83. The van der Waals surface area contributed by atoms with E-state index in [1.54, 1.807) is 0 Å². The molecule has 2 aromatic heterocycles. The van der Waals surface area contributed by atoms with Crippen molar-refractivity contribution < 1.29 is 0 Å². The summed E-state index contributed by atoms with van der Waals surface area (Å²) >= 11 is 0. The molecule has 0 saturated carbocycles. The molecule has 2 aromatic rings. The van der Waals surface area contributed by atoms with Gasteiger partial charge in [-0.15, -0.1) is 13.2 Å². The summed E-state index contributed by atoms with van der Waals surface area (Å²) in [6.45, 7) is 6.00. The minimum atomic E-state index is -0.650. The van der Waals surface area contributed by atoms with Gasteiger partial charge in [0.2, 0.25) is 0 Å². The smallest absolute Gasteiger partial charge is 0.300 e. The third-order valence-corrected chi connectivity index (χ3v) is 1.42. The van der Waals surface area contributed by atoms with Crippen LogP contribution in [0.2, 0.25) is 0 Å². The number of fused-ring (bicyclic) bond motifs is 1. The van der Waals surface area contributed by atoms with Crippen LogP contribution in [0.5, 0.6) is 0 Å². The molecule has 0 aliphatic carbocycles. The van der Waals surface area contributed by atoms with Crippen molar-refractivity contribution in [3.63, 3.8) is 0 Å². The van der Waals surface area contributed by atoms with Gasteiger partial charge in [-0.2, -0.15) is 0 Å². The van der Waals surface area contributed by atoms with Crippen molar-refractivity contribution in [2.24, 2.45) is 0 Å². The zero-order chi connectivity index (χ0) is 10.7. The number of nitrogens with one attached hydrogen (secondary N) is 4. The molecule has 7 heteroatoms. The molecular formula is C7H8N4O3. The average molecular weight is 196 g/mol. The zero-order valence-corrected chi connectivity index (χ0v) is 7.14. The van der Waals surface area contributed by atoms with E-state index in [1.165, 1.54) is 0 Å². The maximum absolute atomic E-state index is 10.9. The van der Waals surface area contributed by atoms with Crippen molar-refractivity contribution in [2.45, 2.75) is 0 Å². The summed E-state index contributed by atoms with van der Waals surface area (Å²) < 4.78 is 0. The van der Waals surface area contributed by atoms with Crippen LogP contribution in [0.4, 0.5) is 0 Å². The maximum atomic E-state index is 10.9. The van der Waals surface area contributed by atoms with Gasteiger partial charge < -0.3 is 0 Å². The van der Waals surface area contributed by atoms with E-state index in [9.17, 15) is 14.4 Å². The number of aromatic nitrogens is 4. The first-order chi connectivity index (χ1) is 6.66. The van der Waals surface area contributed by atoms with E-state index in [4.69, 9.17) is 0 Å². The highest BCUT2D eigenvalue weighted by atomic mass is 16.2. The Hall–Kier alpha value is -2.31. The Morgan fingerprint density at radius 3 is 1.86 bits per heavy atom.